The van der Waals surface area contributed by atoms with Crippen molar-refractivity contribution in [3.63, 3.8) is 0 Å². The predicted molar refractivity (Wildman–Crippen MR) is 111 cm³/mol. The number of halogens is 2. The fourth-order valence-electron chi connectivity index (χ4n) is 5.59. The summed E-state index contributed by atoms with van der Waals surface area (Å²) in [5.74, 6) is -0.486. The molecular weight excluding hydrogens is 384 g/mol. The minimum atomic E-state index is -0.308. The number of benzene rings is 2. The molecule has 154 valence electrons. The van der Waals surface area contributed by atoms with E-state index in [9.17, 15) is 8.78 Å². The molecule has 2 aromatic heterocycles. The summed E-state index contributed by atoms with van der Waals surface area (Å²) in [5, 5.41) is 6.09. The topological polar surface area (TPSA) is 45.1 Å². The lowest BCUT2D eigenvalue weighted by molar-refractivity contribution is 0.0682. The van der Waals surface area contributed by atoms with Gasteiger partial charge in [-0.15, -0.1) is 0 Å². The molecule has 4 aromatic rings. The Bertz CT molecular complexity index is 1240. The third kappa shape index (κ3) is 2.85. The van der Waals surface area contributed by atoms with Gasteiger partial charge in [0.1, 0.15) is 11.6 Å². The number of nitrogens with one attached hydrogen (secondary N) is 1. The van der Waals surface area contributed by atoms with Gasteiger partial charge in [0.15, 0.2) is 5.58 Å². The van der Waals surface area contributed by atoms with Gasteiger partial charge < -0.3 is 9.51 Å². The van der Waals surface area contributed by atoms with E-state index < -0.39 is 0 Å². The van der Waals surface area contributed by atoms with Crippen molar-refractivity contribution in [2.75, 3.05) is 6.54 Å². The molecule has 2 atom stereocenters. The van der Waals surface area contributed by atoms with Crippen LogP contribution in [0.5, 0.6) is 0 Å². The van der Waals surface area contributed by atoms with Crippen molar-refractivity contribution in [1.82, 2.24) is 15.0 Å². The quantitative estimate of drug-likeness (QED) is 0.474. The van der Waals surface area contributed by atoms with E-state index in [1.165, 1.54) is 42.3 Å². The Morgan fingerprint density at radius 3 is 2.87 bits per heavy atom. The third-order valence-electron chi connectivity index (χ3n) is 6.88. The van der Waals surface area contributed by atoms with Gasteiger partial charge in [0.05, 0.1) is 5.69 Å². The fourth-order valence-corrected chi connectivity index (χ4v) is 5.59. The van der Waals surface area contributed by atoms with E-state index in [1.54, 1.807) is 12.1 Å². The molecule has 0 radical (unpaired) electrons. The van der Waals surface area contributed by atoms with Gasteiger partial charge in [-0.05, 0) is 74.5 Å². The van der Waals surface area contributed by atoms with Crippen LogP contribution in [-0.2, 0) is 12.8 Å². The summed E-state index contributed by atoms with van der Waals surface area (Å²) in [5.41, 5.74) is 5.01. The number of hydrogen-bond donors (Lipinski definition) is 1. The minimum absolute atomic E-state index is 0.178. The number of aromatic amines is 1. The van der Waals surface area contributed by atoms with Crippen LogP contribution in [0.1, 0.15) is 48.7 Å². The standard InChI is InChI=1S/C24H23F2N3O/c25-14-7-9-19-18(11-14)24-21(27-19)13-16-3-1-5-22(24)29(16)10-2-4-20-17-8-6-15(26)12-23(17)30-28-20/h6-9,11-12,16,22,27H,1-5,10,13H2/t16-,22+/m0/s1. The molecule has 4 nitrogen and oxygen atoms in total. The van der Waals surface area contributed by atoms with Crippen LogP contribution in [0.2, 0.25) is 0 Å². The molecule has 6 rings (SSSR count). The SMILES string of the molecule is Fc1ccc2c(CCCN3[C@H]4CCC[C@@H]3c3c([nH]c5ccc(F)cc35)C4)noc2c1. The minimum Gasteiger partial charge on any atom is -0.358 e. The lowest BCUT2D eigenvalue weighted by Gasteiger charge is -2.46. The van der Waals surface area contributed by atoms with E-state index in [-0.39, 0.29) is 11.6 Å². The van der Waals surface area contributed by atoms with Crippen molar-refractivity contribution in [2.24, 2.45) is 0 Å². The first-order valence-corrected chi connectivity index (χ1v) is 10.8. The molecule has 4 heterocycles. The van der Waals surface area contributed by atoms with E-state index >= 15 is 0 Å². The van der Waals surface area contributed by atoms with Crippen molar-refractivity contribution in [3.05, 3.63) is 65.0 Å². The number of H-pyrrole nitrogens is 1. The first kappa shape index (κ1) is 18.1. The molecule has 0 spiro atoms. The molecule has 0 amide bonds. The Kier molecular flexibility index (Phi) is 4.16. The summed E-state index contributed by atoms with van der Waals surface area (Å²) in [4.78, 5) is 6.17. The van der Waals surface area contributed by atoms with Crippen LogP contribution in [0.4, 0.5) is 8.78 Å². The van der Waals surface area contributed by atoms with Crippen molar-refractivity contribution in [2.45, 2.75) is 50.6 Å². The normalized spacial score (nSPS) is 21.4. The van der Waals surface area contributed by atoms with Gasteiger partial charge in [0.2, 0.25) is 0 Å². The molecule has 1 N–H and O–H groups in total. The molecule has 0 aliphatic carbocycles. The maximum Gasteiger partial charge on any atom is 0.170 e. The van der Waals surface area contributed by atoms with Crippen LogP contribution in [-0.4, -0.2) is 27.6 Å². The first-order valence-electron chi connectivity index (χ1n) is 10.8. The molecule has 2 aliphatic heterocycles. The average molecular weight is 407 g/mol. The highest BCUT2D eigenvalue weighted by atomic mass is 19.1. The largest absolute Gasteiger partial charge is 0.358 e. The van der Waals surface area contributed by atoms with Gasteiger partial charge in [-0.2, -0.15) is 0 Å². The molecule has 30 heavy (non-hydrogen) atoms. The molecule has 1 saturated heterocycles. The van der Waals surface area contributed by atoms with Crippen LogP contribution in [0.3, 0.4) is 0 Å². The van der Waals surface area contributed by atoms with Gasteiger partial charge in [-0.3, -0.25) is 4.90 Å². The number of aryl methyl sites for hydroxylation is 1. The molecule has 2 aromatic carbocycles. The van der Waals surface area contributed by atoms with Crippen LogP contribution in [0.25, 0.3) is 21.9 Å². The second-order valence-electron chi connectivity index (χ2n) is 8.62. The Morgan fingerprint density at radius 2 is 1.93 bits per heavy atom. The second-order valence-corrected chi connectivity index (χ2v) is 8.62. The summed E-state index contributed by atoms with van der Waals surface area (Å²) >= 11 is 0. The zero-order valence-corrected chi connectivity index (χ0v) is 16.6. The number of aromatic nitrogens is 2. The second kappa shape index (κ2) is 6.91. The van der Waals surface area contributed by atoms with Crippen molar-refractivity contribution in [3.8, 4) is 0 Å². The predicted octanol–water partition coefficient (Wildman–Crippen LogP) is 5.67. The molecular formula is C24H23F2N3O. The van der Waals surface area contributed by atoms with E-state index in [4.69, 9.17) is 4.52 Å². The lowest BCUT2D eigenvalue weighted by atomic mass is 9.82. The highest BCUT2D eigenvalue weighted by molar-refractivity contribution is 5.85. The van der Waals surface area contributed by atoms with E-state index in [1.807, 2.05) is 6.07 Å². The molecule has 2 aliphatic rings. The summed E-state index contributed by atoms with van der Waals surface area (Å²) in [6, 6.07) is 10.5. The smallest absolute Gasteiger partial charge is 0.170 e. The third-order valence-corrected chi connectivity index (χ3v) is 6.88. The highest BCUT2D eigenvalue weighted by Gasteiger charge is 2.38. The highest BCUT2D eigenvalue weighted by Crippen LogP contribution is 2.45. The van der Waals surface area contributed by atoms with Crippen LogP contribution in [0, 0.1) is 11.6 Å². The Labute approximate surface area is 172 Å². The van der Waals surface area contributed by atoms with Crippen molar-refractivity contribution >= 4 is 21.9 Å². The van der Waals surface area contributed by atoms with Crippen LogP contribution < -0.4 is 0 Å². The number of nitrogens with zero attached hydrogens (tertiary/aromatic N) is 2. The van der Waals surface area contributed by atoms with Crippen LogP contribution >= 0.6 is 0 Å². The maximum atomic E-state index is 13.9. The van der Waals surface area contributed by atoms with Gasteiger partial charge in [-0.25, -0.2) is 8.78 Å². The molecule has 2 bridgehead atoms. The van der Waals surface area contributed by atoms with Gasteiger partial charge in [-0.1, -0.05) is 5.16 Å². The summed E-state index contributed by atoms with van der Waals surface area (Å²) in [6.07, 6.45) is 6.27. The number of piperidine rings is 1. The van der Waals surface area contributed by atoms with Crippen molar-refractivity contribution in [1.29, 1.82) is 0 Å². The zero-order valence-electron chi connectivity index (χ0n) is 16.6. The van der Waals surface area contributed by atoms with Crippen LogP contribution in [0.15, 0.2) is 40.9 Å². The zero-order chi connectivity index (χ0) is 20.2. The summed E-state index contributed by atoms with van der Waals surface area (Å²) in [6.45, 7) is 0.965. The van der Waals surface area contributed by atoms with Gasteiger partial charge in [0, 0.05) is 46.6 Å². The fraction of sp³-hybridized carbons (Fsp3) is 0.375. The van der Waals surface area contributed by atoms with E-state index in [0.717, 1.165) is 54.2 Å². The van der Waals surface area contributed by atoms with E-state index in [0.29, 0.717) is 17.7 Å². The Hall–Kier alpha value is -2.73. The molecule has 1 fully saturated rings. The van der Waals surface area contributed by atoms with Gasteiger partial charge >= 0.3 is 0 Å². The first-order chi connectivity index (χ1) is 14.7. The van der Waals surface area contributed by atoms with E-state index in [2.05, 4.69) is 15.0 Å². The van der Waals surface area contributed by atoms with Gasteiger partial charge in [0.25, 0.3) is 0 Å². The Balaban J connectivity index is 1.25. The monoisotopic (exact) mass is 407 g/mol. The average Bonchev–Trinajstić information content (AvgIpc) is 3.28. The molecule has 0 saturated carbocycles. The summed E-state index contributed by atoms with van der Waals surface area (Å²) in [7, 11) is 0. The number of fused-ring (bicyclic) bond motifs is 7. The number of hydrogen-bond acceptors (Lipinski definition) is 3. The lowest BCUT2D eigenvalue weighted by Crippen LogP contribution is -2.47. The molecule has 0 unspecified atom stereocenters. The Morgan fingerprint density at radius 1 is 1.07 bits per heavy atom. The van der Waals surface area contributed by atoms with Crippen molar-refractivity contribution < 1.29 is 13.3 Å². The summed E-state index contributed by atoms with van der Waals surface area (Å²) < 4.78 is 32.6. The molecule has 6 heteroatoms. The number of rotatable bonds is 4. The maximum absolute atomic E-state index is 13.9.